The Bertz CT molecular complexity index is 479. The molecule has 3 fully saturated rings. The summed E-state index contributed by atoms with van der Waals surface area (Å²) in [5.41, 5.74) is 0. The predicted octanol–water partition coefficient (Wildman–Crippen LogP) is 8.01. The summed E-state index contributed by atoms with van der Waals surface area (Å²) < 4.78 is 50.2. The van der Waals surface area contributed by atoms with Crippen LogP contribution in [-0.2, 0) is 4.74 Å². The van der Waals surface area contributed by atoms with Crippen molar-refractivity contribution in [1.82, 2.24) is 0 Å². The molecule has 0 spiro atoms. The number of alkyl halides is 3. The van der Waals surface area contributed by atoms with Crippen LogP contribution in [0.4, 0.5) is 13.2 Å². The molecule has 7 unspecified atom stereocenters. The van der Waals surface area contributed by atoms with E-state index in [4.69, 9.17) is 4.74 Å². The fourth-order valence-corrected chi connectivity index (χ4v) is 6.73. The topological polar surface area (TPSA) is 9.23 Å². The lowest BCUT2D eigenvalue weighted by Gasteiger charge is -2.44. The van der Waals surface area contributed by atoms with E-state index in [-0.39, 0.29) is 17.8 Å². The van der Waals surface area contributed by atoms with E-state index < -0.39 is 24.6 Å². The van der Waals surface area contributed by atoms with Crippen molar-refractivity contribution in [3.63, 3.8) is 0 Å². The van der Waals surface area contributed by atoms with Crippen LogP contribution < -0.4 is 0 Å². The zero-order valence-corrected chi connectivity index (χ0v) is 19.3. The van der Waals surface area contributed by atoms with Gasteiger partial charge >= 0.3 is 0 Å². The monoisotopic (exact) mass is 430 g/mol. The molecule has 0 heterocycles. The third-order valence-corrected chi connectivity index (χ3v) is 8.57. The van der Waals surface area contributed by atoms with Crippen LogP contribution in [0, 0.1) is 29.6 Å². The Kier molecular flexibility index (Phi) is 9.85. The van der Waals surface area contributed by atoms with Gasteiger partial charge in [0, 0.05) is 6.61 Å². The minimum atomic E-state index is -1.55. The van der Waals surface area contributed by atoms with Crippen LogP contribution in [0.5, 0.6) is 0 Å². The third-order valence-electron chi connectivity index (χ3n) is 8.57. The second-order valence-corrected chi connectivity index (χ2v) is 10.6. The summed E-state index contributed by atoms with van der Waals surface area (Å²) in [4.78, 5) is 0. The fraction of sp³-hybridized carbons (Fsp3) is 1.00. The molecule has 0 aromatic rings. The minimum Gasteiger partial charge on any atom is -0.375 e. The van der Waals surface area contributed by atoms with Gasteiger partial charge in [-0.2, -0.15) is 0 Å². The Morgan fingerprint density at radius 1 is 0.700 bits per heavy atom. The molecule has 30 heavy (non-hydrogen) atoms. The van der Waals surface area contributed by atoms with Gasteiger partial charge in [-0.3, -0.25) is 0 Å². The molecule has 176 valence electrons. The van der Waals surface area contributed by atoms with Gasteiger partial charge in [0.15, 0.2) is 6.17 Å². The molecule has 0 bridgehead atoms. The van der Waals surface area contributed by atoms with Crippen LogP contribution in [0.25, 0.3) is 0 Å². The van der Waals surface area contributed by atoms with E-state index in [2.05, 4.69) is 6.92 Å². The summed E-state index contributed by atoms with van der Waals surface area (Å²) in [7, 11) is 0. The van der Waals surface area contributed by atoms with Crippen LogP contribution in [-0.4, -0.2) is 31.2 Å². The lowest BCUT2D eigenvalue weighted by molar-refractivity contribution is -0.0920. The van der Waals surface area contributed by atoms with Gasteiger partial charge in [-0.15, -0.1) is 0 Å². The van der Waals surface area contributed by atoms with Crippen molar-refractivity contribution in [3.8, 4) is 0 Å². The number of halogens is 3. The largest absolute Gasteiger partial charge is 0.375 e. The maximum atomic E-state index is 15.2. The predicted molar refractivity (Wildman–Crippen MR) is 118 cm³/mol. The summed E-state index contributed by atoms with van der Waals surface area (Å²) in [6, 6.07) is 0. The van der Waals surface area contributed by atoms with E-state index in [1.165, 1.54) is 51.4 Å². The van der Waals surface area contributed by atoms with Crippen LogP contribution in [0.1, 0.15) is 104 Å². The first kappa shape index (κ1) is 24.4. The van der Waals surface area contributed by atoms with Crippen LogP contribution in [0.2, 0.25) is 0 Å². The number of unbranched alkanes of at least 4 members (excludes halogenated alkanes) is 2. The first-order valence-corrected chi connectivity index (χ1v) is 13.1. The lowest BCUT2D eigenvalue weighted by atomic mass is 9.64. The van der Waals surface area contributed by atoms with Crippen molar-refractivity contribution in [3.05, 3.63) is 0 Å². The van der Waals surface area contributed by atoms with Gasteiger partial charge < -0.3 is 4.74 Å². The molecule has 3 rings (SSSR count). The summed E-state index contributed by atoms with van der Waals surface area (Å²) in [5, 5.41) is 0. The Morgan fingerprint density at radius 3 is 2.07 bits per heavy atom. The van der Waals surface area contributed by atoms with Gasteiger partial charge in [0.1, 0.15) is 12.3 Å². The summed E-state index contributed by atoms with van der Waals surface area (Å²) in [5.74, 6) is 1.19. The SMILES string of the molecule is CCCCCC1CCC(C2CCC(C3CCC(OCCC)C(F)C3F)CC2F)CC1. The van der Waals surface area contributed by atoms with E-state index >= 15 is 4.39 Å². The van der Waals surface area contributed by atoms with Gasteiger partial charge in [0.2, 0.25) is 0 Å². The van der Waals surface area contributed by atoms with Gasteiger partial charge in [-0.1, -0.05) is 52.4 Å². The van der Waals surface area contributed by atoms with Crippen molar-refractivity contribution in [2.75, 3.05) is 6.61 Å². The average Bonchev–Trinajstić information content (AvgIpc) is 2.75. The van der Waals surface area contributed by atoms with Crippen molar-refractivity contribution in [1.29, 1.82) is 0 Å². The molecule has 0 N–H and O–H groups in total. The van der Waals surface area contributed by atoms with E-state index in [9.17, 15) is 8.78 Å². The van der Waals surface area contributed by atoms with E-state index in [0.29, 0.717) is 31.8 Å². The molecule has 7 atom stereocenters. The van der Waals surface area contributed by atoms with Gasteiger partial charge in [-0.05, 0) is 81.0 Å². The molecule has 3 aliphatic rings. The number of ether oxygens (including phenoxy) is 1. The first-order valence-electron chi connectivity index (χ1n) is 13.1. The quantitative estimate of drug-likeness (QED) is 0.337. The zero-order valence-electron chi connectivity index (χ0n) is 19.3. The number of hydrogen-bond acceptors (Lipinski definition) is 1. The molecule has 4 heteroatoms. The Morgan fingerprint density at radius 2 is 1.40 bits per heavy atom. The average molecular weight is 431 g/mol. The fourth-order valence-electron chi connectivity index (χ4n) is 6.73. The molecule has 1 nitrogen and oxygen atoms in total. The second kappa shape index (κ2) is 12.1. The van der Waals surface area contributed by atoms with Crippen LogP contribution in [0.15, 0.2) is 0 Å². The maximum Gasteiger partial charge on any atom is 0.157 e. The highest BCUT2D eigenvalue weighted by atomic mass is 19.2. The first-order chi connectivity index (χ1) is 14.5. The lowest BCUT2D eigenvalue weighted by Crippen LogP contribution is -2.47. The molecular formula is C26H45F3O. The van der Waals surface area contributed by atoms with E-state index in [1.54, 1.807) is 0 Å². The van der Waals surface area contributed by atoms with Gasteiger partial charge in [0.05, 0.1) is 6.10 Å². The number of hydrogen-bond donors (Lipinski definition) is 0. The Hall–Kier alpha value is -0.250. The highest BCUT2D eigenvalue weighted by Gasteiger charge is 2.47. The zero-order chi connectivity index (χ0) is 21.5. The van der Waals surface area contributed by atoms with Gasteiger partial charge in [0.25, 0.3) is 0 Å². The maximum absolute atomic E-state index is 15.2. The van der Waals surface area contributed by atoms with Crippen LogP contribution >= 0.6 is 0 Å². The summed E-state index contributed by atoms with van der Waals surface area (Å²) in [6.45, 7) is 4.71. The molecule has 0 amide bonds. The molecule has 3 saturated carbocycles. The van der Waals surface area contributed by atoms with Crippen molar-refractivity contribution in [2.24, 2.45) is 29.6 Å². The van der Waals surface area contributed by atoms with Crippen molar-refractivity contribution in [2.45, 2.75) is 128 Å². The van der Waals surface area contributed by atoms with Crippen molar-refractivity contribution < 1.29 is 17.9 Å². The minimum absolute atomic E-state index is 0.00186. The standard InChI is InChI=1S/C26H45F3O/c1-3-5-6-7-18-8-10-19(11-9-18)21-13-12-20(17-23(21)27)22-14-15-24(30-16-4-2)26(29)25(22)28/h18-26H,3-17H2,1-2H3. The molecule has 0 aromatic carbocycles. The Labute approximate surface area is 182 Å². The highest BCUT2D eigenvalue weighted by Crippen LogP contribution is 2.48. The second-order valence-electron chi connectivity index (χ2n) is 10.6. The Balaban J connectivity index is 1.44. The summed E-state index contributed by atoms with van der Waals surface area (Å²) >= 11 is 0. The molecule has 0 aromatic heterocycles. The molecule has 3 aliphatic carbocycles. The molecular weight excluding hydrogens is 385 g/mol. The molecule has 0 aliphatic heterocycles. The van der Waals surface area contributed by atoms with E-state index in [0.717, 1.165) is 25.2 Å². The number of rotatable bonds is 9. The van der Waals surface area contributed by atoms with E-state index in [1.807, 2.05) is 6.92 Å². The molecule has 0 radical (unpaired) electrons. The third kappa shape index (κ3) is 6.17. The van der Waals surface area contributed by atoms with Crippen LogP contribution in [0.3, 0.4) is 0 Å². The van der Waals surface area contributed by atoms with Gasteiger partial charge in [-0.25, -0.2) is 13.2 Å². The smallest absolute Gasteiger partial charge is 0.157 e. The van der Waals surface area contributed by atoms with Crippen molar-refractivity contribution >= 4 is 0 Å². The normalized spacial score (nSPS) is 42.9. The highest BCUT2D eigenvalue weighted by molar-refractivity contribution is 4.96. The molecule has 0 saturated heterocycles. The summed E-state index contributed by atoms with van der Waals surface area (Å²) in [6.07, 6.45) is 9.90.